The summed E-state index contributed by atoms with van der Waals surface area (Å²) in [6.45, 7) is 2.17. The minimum atomic E-state index is -0.552. The highest BCUT2D eigenvalue weighted by atomic mass is 35.5. The van der Waals surface area contributed by atoms with Crippen LogP contribution in [0.4, 0.5) is 5.69 Å². The maximum atomic E-state index is 12.2. The Kier molecular flexibility index (Phi) is 5.24. The van der Waals surface area contributed by atoms with E-state index in [0.717, 1.165) is 11.1 Å². The SMILES string of the molecule is Cc1ccc(C(=O)NCCc2cccc(Cl)c2N)cc1C(N)=O. The third-order valence-corrected chi connectivity index (χ3v) is 3.92. The highest BCUT2D eigenvalue weighted by Crippen LogP contribution is 2.22. The molecule has 0 saturated carbocycles. The van der Waals surface area contributed by atoms with Crippen molar-refractivity contribution in [1.82, 2.24) is 5.32 Å². The van der Waals surface area contributed by atoms with E-state index in [9.17, 15) is 9.59 Å². The van der Waals surface area contributed by atoms with E-state index >= 15 is 0 Å². The summed E-state index contributed by atoms with van der Waals surface area (Å²) in [5.74, 6) is -0.822. The molecule has 6 heteroatoms. The number of hydrogen-bond acceptors (Lipinski definition) is 3. The Bertz CT molecular complexity index is 759. The number of rotatable bonds is 5. The van der Waals surface area contributed by atoms with Crippen LogP contribution >= 0.6 is 11.6 Å². The minimum Gasteiger partial charge on any atom is -0.397 e. The number of aryl methyl sites for hydroxylation is 1. The van der Waals surface area contributed by atoms with Crippen molar-refractivity contribution >= 4 is 29.1 Å². The van der Waals surface area contributed by atoms with Crippen molar-refractivity contribution in [2.45, 2.75) is 13.3 Å². The monoisotopic (exact) mass is 331 g/mol. The van der Waals surface area contributed by atoms with Crippen molar-refractivity contribution in [1.29, 1.82) is 0 Å². The molecule has 0 fully saturated rings. The van der Waals surface area contributed by atoms with E-state index in [1.165, 1.54) is 6.07 Å². The van der Waals surface area contributed by atoms with Crippen LogP contribution in [0.15, 0.2) is 36.4 Å². The van der Waals surface area contributed by atoms with Crippen LogP contribution in [0.1, 0.15) is 31.8 Å². The van der Waals surface area contributed by atoms with E-state index in [-0.39, 0.29) is 5.91 Å². The molecule has 0 saturated heterocycles. The summed E-state index contributed by atoms with van der Waals surface area (Å²) < 4.78 is 0. The topological polar surface area (TPSA) is 98.2 Å². The van der Waals surface area contributed by atoms with Gasteiger partial charge in [0.2, 0.25) is 5.91 Å². The summed E-state index contributed by atoms with van der Waals surface area (Å²) in [6.07, 6.45) is 0.562. The van der Waals surface area contributed by atoms with E-state index in [1.807, 2.05) is 12.1 Å². The molecule has 2 aromatic carbocycles. The van der Waals surface area contributed by atoms with Crippen LogP contribution in [0, 0.1) is 6.92 Å². The number of anilines is 1. The zero-order valence-electron chi connectivity index (χ0n) is 12.7. The number of amides is 2. The number of para-hydroxylation sites is 1. The zero-order chi connectivity index (χ0) is 17.0. The molecule has 0 unspecified atom stereocenters. The Balaban J connectivity index is 2.01. The van der Waals surface area contributed by atoms with E-state index in [0.29, 0.717) is 34.8 Å². The van der Waals surface area contributed by atoms with Crippen molar-refractivity contribution in [2.75, 3.05) is 12.3 Å². The summed E-state index contributed by atoms with van der Waals surface area (Å²) in [4.78, 5) is 23.5. The van der Waals surface area contributed by atoms with Gasteiger partial charge in [-0.25, -0.2) is 0 Å². The second-order valence-corrected chi connectivity index (χ2v) is 5.62. The first-order valence-electron chi connectivity index (χ1n) is 7.11. The van der Waals surface area contributed by atoms with Gasteiger partial charge in [0.25, 0.3) is 5.91 Å². The molecule has 0 radical (unpaired) electrons. The molecule has 0 bridgehead atoms. The number of nitrogens with two attached hydrogens (primary N) is 2. The number of nitrogen functional groups attached to an aromatic ring is 1. The number of hydrogen-bond donors (Lipinski definition) is 3. The Hall–Kier alpha value is -2.53. The maximum Gasteiger partial charge on any atom is 0.251 e. The van der Waals surface area contributed by atoms with Gasteiger partial charge in [0.15, 0.2) is 0 Å². The van der Waals surface area contributed by atoms with Gasteiger partial charge in [-0.15, -0.1) is 0 Å². The normalized spacial score (nSPS) is 10.3. The van der Waals surface area contributed by atoms with Crippen molar-refractivity contribution < 1.29 is 9.59 Å². The average Bonchev–Trinajstić information content (AvgIpc) is 2.51. The fourth-order valence-corrected chi connectivity index (χ4v) is 2.44. The Morgan fingerprint density at radius 2 is 1.96 bits per heavy atom. The summed E-state index contributed by atoms with van der Waals surface area (Å²) in [6, 6.07) is 10.3. The van der Waals surface area contributed by atoms with Crippen LogP contribution in [0.5, 0.6) is 0 Å². The van der Waals surface area contributed by atoms with Crippen LogP contribution < -0.4 is 16.8 Å². The lowest BCUT2D eigenvalue weighted by Crippen LogP contribution is -2.26. The molecule has 0 aliphatic rings. The highest BCUT2D eigenvalue weighted by Gasteiger charge is 2.11. The summed E-state index contributed by atoms with van der Waals surface area (Å²) in [5, 5.41) is 3.29. The Labute approximate surface area is 139 Å². The molecule has 5 N–H and O–H groups in total. The molecule has 2 aromatic rings. The molecule has 0 aromatic heterocycles. The van der Waals surface area contributed by atoms with E-state index < -0.39 is 5.91 Å². The predicted octanol–water partition coefficient (Wildman–Crippen LogP) is 2.30. The number of carbonyl (C=O) groups excluding carboxylic acids is 2. The number of primary amides is 1. The van der Waals surface area contributed by atoms with Crippen LogP contribution in [0.3, 0.4) is 0 Å². The van der Waals surface area contributed by atoms with Crippen LogP contribution in [-0.4, -0.2) is 18.4 Å². The number of carbonyl (C=O) groups is 2. The first-order chi connectivity index (χ1) is 10.9. The maximum absolute atomic E-state index is 12.2. The summed E-state index contributed by atoms with van der Waals surface area (Å²) in [5.41, 5.74) is 14.0. The van der Waals surface area contributed by atoms with Crippen molar-refractivity contribution in [3.05, 3.63) is 63.7 Å². The van der Waals surface area contributed by atoms with Gasteiger partial charge in [0, 0.05) is 17.7 Å². The van der Waals surface area contributed by atoms with E-state index in [2.05, 4.69) is 5.32 Å². The van der Waals surface area contributed by atoms with Gasteiger partial charge >= 0.3 is 0 Å². The molecule has 2 amide bonds. The zero-order valence-corrected chi connectivity index (χ0v) is 13.5. The lowest BCUT2D eigenvalue weighted by molar-refractivity contribution is 0.0954. The largest absolute Gasteiger partial charge is 0.397 e. The van der Waals surface area contributed by atoms with Gasteiger partial charge in [-0.05, 0) is 42.7 Å². The fraction of sp³-hybridized carbons (Fsp3) is 0.176. The van der Waals surface area contributed by atoms with Gasteiger partial charge in [-0.3, -0.25) is 9.59 Å². The third-order valence-electron chi connectivity index (χ3n) is 3.59. The molecular weight excluding hydrogens is 314 g/mol. The summed E-state index contributed by atoms with van der Waals surface area (Å²) >= 11 is 5.96. The molecular formula is C17H18ClN3O2. The molecule has 120 valence electrons. The molecule has 2 rings (SSSR count). The van der Waals surface area contributed by atoms with Gasteiger partial charge < -0.3 is 16.8 Å². The summed E-state index contributed by atoms with van der Waals surface area (Å²) in [7, 11) is 0. The molecule has 23 heavy (non-hydrogen) atoms. The number of halogens is 1. The second-order valence-electron chi connectivity index (χ2n) is 5.21. The molecule has 0 aliphatic carbocycles. The molecule has 5 nitrogen and oxygen atoms in total. The minimum absolute atomic E-state index is 0.270. The van der Waals surface area contributed by atoms with Crippen LogP contribution in [0.25, 0.3) is 0 Å². The Morgan fingerprint density at radius 3 is 2.65 bits per heavy atom. The van der Waals surface area contributed by atoms with Crippen molar-refractivity contribution in [3.63, 3.8) is 0 Å². The Morgan fingerprint density at radius 1 is 1.22 bits per heavy atom. The highest BCUT2D eigenvalue weighted by molar-refractivity contribution is 6.33. The standard InChI is InChI=1S/C17H18ClN3O2/c1-10-5-6-12(9-13(10)16(20)22)17(23)21-8-7-11-3-2-4-14(18)15(11)19/h2-6,9H,7-8,19H2,1H3,(H2,20,22)(H,21,23). The first kappa shape index (κ1) is 16.8. The van der Waals surface area contributed by atoms with Crippen molar-refractivity contribution in [3.8, 4) is 0 Å². The first-order valence-corrected chi connectivity index (χ1v) is 7.49. The molecule has 0 heterocycles. The predicted molar refractivity (Wildman–Crippen MR) is 91.6 cm³/mol. The second kappa shape index (κ2) is 7.15. The van der Waals surface area contributed by atoms with Crippen LogP contribution in [0.2, 0.25) is 5.02 Å². The van der Waals surface area contributed by atoms with Crippen LogP contribution in [-0.2, 0) is 6.42 Å². The van der Waals surface area contributed by atoms with Gasteiger partial charge in [0.05, 0.1) is 10.7 Å². The fourth-order valence-electron chi connectivity index (χ4n) is 2.24. The van der Waals surface area contributed by atoms with E-state index in [4.69, 9.17) is 23.1 Å². The lowest BCUT2D eigenvalue weighted by atomic mass is 10.0. The van der Waals surface area contributed by atoms with E-state index in [1.54, 1.807) is 25.1 Å². The molecule has 0 spiro atoms. The number of nitrogens with one attached hydrogen (secondary N) is 1. The molecule has 0 atom stereocenters. The number of benzene rings is 2. The molecule has 0 aliphatic heterocycles. The van der Waals surface area contributed by atoms with Gasteiger partial charge in [-0.1, -0.05) is 29.8 Å². The lowest BCUT2D eigenvalue weighted by Gasteiger charge is -2.09. The van der Waals surface area contributed by atoms with Gasteiger partial charge in [-0.2, -0.15) is 0 Å². The average molecular weight is 332 g/mol. The van der Waals surface area contributed by atoms with Gasteiger partial charge in [0.1, 0.15) is 0 Å². The smallest absolute Gasteiger partial charge is 0.251 e. The third kappa shape index (κ3) is 4.02. The quantitative estimate of drug-likeness (QED) is 0.733. The van der Waals surface area contributed by atoms with Crippen molar-refractivity contribution in [2.24, 2.45) is 5.73 Å².